The quantitative estimate of drug-likeness (QED) is 0.861. The second-order valence-corrected chi connectivity index (χ2v) is 5.33. The molecule has 0 unspecified atom stereocenters. The molecule has 0 atom stereocenters. The highest BCUT2D eigenvalue weighted by atomic mass is 16.5. The summed E-state index contributed by atoms with van der Waals surface area (Å²) < 4.78 is 5.18. The molecule has 1 aromatic carbocycles. The lowest BCUT2D eigenvalue weighted by Crippen LogP contribution is -2.32. The Bertz CT molecular complexity index is 384. The lowest BCUT2D eigenvalue weighted by molar-refractivity contribution is 0.305. The Kier molecular flexibility index (Phi) is 4.48. The van der Waals surface area contributed by atoms with E-state index in [-0.39, 0.29) is 0 Å². The summed E-state index contributed by atoms with van der Waals surface area (Å²) in [5.41, 5.74) is 0.910. The van der Waals surface area contributed by atoms with Gasteiger partial charge in [-0.25, -0.2) is 0 Å². The summed E-state index contributed by atoms with van der Waals surface area (Å²) in [4.78, 5) is 0. The number of phenols is 1. The lowest BCUT2D eigenvalue weighted by atomic mass is 9.87. The van der Waals surface area contributed by atoms with E-state index in [1.807, 2.05) is 6.07 Å². The van der Waals surface area contributed by atoms with Gasteiger partial charge in [0, 0.05) is 18.2 Å². The Morgan fingerprint density at radius 2 is 2.00 bits per heavy atom. The number of ether oxygens (including phenoxy) is 1. The van der Waals surface area contributed by atoms with Crippen LogP contribution in [0.5, 0.6) is 11.5 Å². The maximum Gasteiger partial charge on any atom is 0.120 e. The topological polar surface area (TPSA) is 41.5 Å². The van der Waals surface area contributed by atoms with E-state index in [0.717, 1.165) is 17.2 Å². The molecule has 0 aliphatic heterocycles. The molecule has 0 saturated heterocycles. The highest BCUT2D eigenvalue weighted by Gasteiger charge is 2.17. The molecule has 1 fully saturated rings. The fourth-order valence-corrected chi connectivity index (χ4v) is 2.55. The summed E-state index contributed by atoms with van der Waals surface area (Å²) in [6.07, 6.45) is 5.10. The van der Waals surface area contributed by atoms with Crippen LogP contribution in [0.15, 0.2) is 18.2 Å². The average molecular weight is 249 g/mol. The largest absolute Gasteiger partial charge is 0.508 e. The Morgan fingerprint density at radius 1 is 1.28 bits per heavy atom. The Balaban J connectivity index is 1.89. The molecule has 0 amide bonds. The molecule has 2 rings (SSSR count). The molecule has 0 heterocycles. The van der Waals surface area contributed by atoms with Gasteiger partial charge in [0.05, 0.1) is 7.11 Å². The van der Waals surface area contributed by atoms with Gasteiger partial charge in [-0.1, -0.05) is 6.92 Å². The molecule has 1 aliphatic carbocycles. The van der Waals surface area contributed by atoms with Crippen molar-refractivity contribution in [1.29, 1.82) is 0 Å². The van der Waals surface area contributed by atoms with E-state index in [4.69, 9.17) is 4.74 Å². The number of hydrogen-bond donors (Lipinski definition) is 2. The Hall–Kier alpha value is -1.22. The first-order chi connectivity index (χ1) is 8.69. The van der Waals surface area contributed by atoms with E-state index in [1.54, 1.807) is 19.2 Å². The average Bonchev–Trinajstić information content (AvgIpc) is 2.40. The van der Waals surface area contributed by atoms with Crippen LogP contribution in [0.1, 0.15) is 38.2 Å². The predicted molar refractivity (Wildman–Crippen MR) is 72.9 cm³/mol. The van der Waals surface area contributed by atoms with Gasteiger partial charge in [0.1, 0.15) is 11.5 Å². The molecule has 100 valence electrons. The standard InChI is InChI=1S/C15H23NO2/c1-11-3-5-13(6-4-11)16-10-12-9-14(18-2)7-8-15(12)17/h7-9,11,13,16-17H,3-6,10H2,1-2H3. The molecule has 3 nitrogen and oxygen atoms in total. The smallest absolute Gasteiger partial charge is 0.120 e. The van der Waals surface area contributed by atoms with Gasteiger partial charge in [0.25, 0.3) is 0 Å². The Labute approximate surface area is 109 Å². The molecule has 1 aliphatic rings. The van der Waals surface area contributed by atoms with Crippen LogP contribution in [-0.4, -0.2) is 18.3 Å². The van der Waals surface area contributed by atoms with E-state index in [2.05, 4.69) is 12.2 Å². The van der Waals surface area contributed by atoms with Gasteiger partial charge in [-0.2, -0.15) is 0 Å². The predicted octanol–water partition coefficient (Wildman–Crippen LogP) is 3.07. The van der Waals surface area contributed by atoms with Crippen molar-refractivity contribution in [1.82, 2.24) is 5.32 Å². The maximum absolute atomic E-state index is 9.81. The van der Waals surface area contributed by atoms with Gasteiger partial charge in [-0.05, 0) is 49.8 Å². The molecular weight excluding hydrogens is 226 g/mol. The first-order valence-electron chi connectivity index (χ1n) is 6.78. The van der Waals surface area contributed by atoms with Crippen LogP contribution in [0.4, 0.5) is 0 Å². The third kappa shape index (κ3) is 3.39. The van der Waals surface area contributed by atoms with E-state index < -0.39 is 0 Å². The van der Waals surface area contributed by atoms with Crippen molar-refractivity contribution in [3.63, 3.8) is 0 Å². The number of rotatable bonds is 4. The van der Waals surface area contributed by atoms with Gasteiger partial charge in [-0.3, -0.25) is 0 Å². The van der Waals surface area contributed by atoms with Gasteiger partial charge in [0.2, 0.25) is 0 Å². The van der Waals surface area contributed by atoms with Crippen LogP contribution in [0, 0.1) is 5.92 Å². The molecule has 0 radical (unpaired) electrons. The number of methoxy groups -OCH3 is 1. The second kappa shape index (κ2) is 6.10. The third-order valence-corrected chi connectivity index (χ3v) is 3.88. The zero-order valence-corrected chi connectivity index (χ0v) is 11.3. The van der Waals surface area contributed by atoms with Crippen molar-refractivity contribution in [2.45, 2.75) is 45.2 Å². The molecule has 1 saturated carbocycles. The van der Waals surface area contributed by atoms with Crippen LogP contribution in [0.2, 0.25) is 0 Å². The first kappa shape index (κ1) is 13.2. The van der Waals surface area contributed by atoms with Crippen molar-refractivity contribution in [3.05, 3.63) is 23.8 Å². The summed E-state index contributed by atoms with van der Waals surface area (Å²) in [5.74, 6) is 2.00. The van der Waals surface area contributed by atoms with Crippen molar-refractivity contribution < 1.29 is 9.84 Å². The molecule has 0 bridgehead atoms. The summed E-state index contributed by atoms with van der Waals surface area (Å²) in [7, 11) is 1.64. The number of nitrogens with one attached hydrogen (secondary N) is 1. The minimum atomic E-state index is 0.340. The Morgan fingerprint density at radius 3 is 2.67 bits per heavy atom. The fourth-order valence-electron chi connectivity index (χ4n) is 2.55. The van der Waals surface area contributed by atoms with Crippen molar-refractivity contribution in [2.24, 2.45) is 5.92 Å². The second-order valence-electron chi connectivity index (χ2n) is 5.33. The van der Waals surface area contributed by atoms with Gasteiger partial charge in [0.15, 0.2) is 0 Å². The number of phenolic OH excluding ortho intramolecular Hbond substituents is 1. The highest BCUT2D eigenvalue weighted by Crippen LogP contribution is 2.26. The molecule has 0 aromatic heterocycles. The molecule has 0 spiro atoms. The zero-order chi connectivity index (χ0) is 13.0. The van der Waals surface area contributed by atoms with E-state index in [0.29, 0.717) is 18.3 Å². The molecule has 18 heavy (non-hydrogen) atoms. The number of benzene rings is 1. The molecule has 1 aromatic rings. The number of hydrogen-bond acceptors (Lipinski definition) is 3. The van der Waals surface area contributed by atoms with Crippen LogP contribution in [-0.2, 0) is 6.54 Å². The van der Waals surface area contributed by atoms with Gasteiger partial charge < -0.3 is 15.2 Å². The minimum absolute atomic E-state index is 0.340. The van der Waals surface area contributed by atoms with Crippen molar-refractivity contribution >= 4 is 0 Å². The molecular formula is C15H23NO2. The first-order valence-corrected chi connectivity index (χ1v) is 6.78. The van der Waals surface area contributed by atoms with Crippen LogP contribution >= 0.6 is 0 Å². The summed E-state index contributed by atoms with van der Waals surface area (Å²) in [6.45, 7) is 3.03. The summed E-state index contributed by atoms with van der Waals surface area (Å²) in [5, 5.41) is 13.3. The van der Waals surface area contributed by atoms with E-state index in [9.17, 15) is 5.11 Å². The molecule has 3 heteroatoms. The lowest BCUT2D eigenvalue weighted by Gasteiger charge is -2.27. The van der Waals surface area contributed by atoms with Crippen LogP contribution in [0.3, 0.4) is 0 Å². The normalized spacial score (nSPS) is 23.9. The SMILES string of the molecule is COc1ccc(O)c(CNC2CCC(C)CC2)c1. The zero-order valence-electron chi connectivity index (χ0n) is 11.3. The van der Waals surface area contributed by atoms with Crippen molar-refractivity contribution in [3.8, 4) is 11.5 Å². The fraction of sp³-hybridized carbons (Fsp3) is 0.600. The van der Waals surface area contributed by atoms with E-state index >= 15 is 0 Å². The minimum Gasteiger partial charge on any atom is -0.508 e. The third-order valence-electron chi connectivity index (χ3n) is 3.88. The van der Waals surface area contributed by atoms with Crippen molar-refractivity contribution in [2.75, 3.05) is 7.11 Å². The van der Waals surface area contributed by atoms with Gasteiger partial charge in [-0.15, -0.1) is 0 Å². The molecule has 2 N–H and O–H groups in total. The number of aromatic hydroxyl groups is 1. The van der Waals surface area contributed by atoms with Gasteiger partial charge >= 0.3 is 0 Å². The highest BCUT2D eigenvalue weighted by molar-refractivity contribution is 5.39. The summed E-state index contributed by atoms with van der Waals surface area (Å²) >= 11 is 0. The maximum atomic E-state index is 9.81. The van der Waals surface area contributed by atoms with Crippen LogP contribution in [0.25, 0.3) is 0 Å². The van der Waals surface area contributed by atoms with Crippen LogP contribution < -0.4 is 10.1 Å². The van der Waals surface area contributed by atoms with E-state index in [1.165, 1.54) is 25.7 Å². The monoisotopic (exact) mass is 249 g/mol. The summed E-state index contributed by atoms with van der Waals surface area (Å²) in [6, 6.07) is 5.96.